The highest BCUT2D eigenvalue weighted by atomic mass is 16.5. The van der Waals surface area contributed by atoms with Gasteiger partial charge in [0.25, 0.3) is 0 Å². The predicted molar refractivity (Wildman–Crippen MR) is 122 cm³/mol. The summed E-state index contributed by atoms with van der Waals surface area (Å²) in [4.78, 5) is 39.6. The fourth-order valence-electron chi connectivity index (χ4n) is 4.69. The van der Waals surface area contributed by atoms with Crippen molar-refractivity contribution in [2.45, 2.75) is 59.8 Å². The number of ether oxygens (including phenoxy) is 2. The van der Waals surface area contributed by atoms with E-state index in [-0.39, 0.29) is 24.9 Å². The van der Waals surface area contributed by atoms with Crippen molar-refractivity contribution in [3.63, 3.8) is 0 Å². The van der Waals surface area contributed by atoms with Crippen molar-refractivity contribution < 1.29 is 23.9 Å². The van der Waals surface area contributed by atoms with E-state index in [1.54, 1.807) is 13.8 Å². The number of esters is 2. The molecule has 3 rings (SSSR count). The van der Waals surface area contributed by atoms with Crippen LogP contribution in [0.1, 0.15) is 64.0 Å². The van der Waals surface area contributed by atoms with Crippen LogP contribution in [0.2, 0.25) is 0 Å². The SMILES string of the molecule is CCCC1=C(C(=O)OCC)C(c2ccc(C)cc2)C2=C(CC(C)C(C(=O)OCC)C2=O)N1. The lowest BCUT2D eigenvalue weighted by atomic mass is 9.69. The number of allylic oxidation sites excluding steroid dienone is 3. The zero-order valence-corrected chi connectivity index (χ0v) is 19.6. The molecular formula is C26H33NO5. The van der Waals surface area contributed by atoms with Crippen LogP contribution in [0.3, 0.4) is 0 Å². The van der Waals surface area contributed by atoms with E-state index in [1.807, 2.05) is 45.0 Å². The van der Waals surface area contributed by atoms with Gasteiger partial charge in [0, 0.05) is 22.9 Å². The summed E-state index contributed by atoms with van der Waals surface area (Å²) in [5.74, 6) is -2.85. The Bertz CT molecular complexity index is 957. The Morgan fingerprint density at radius 2 is 1.72 bits per heavy atom. The van der Waals surface area contributed by atoms with Crippen molar-refractivity contribution >= 4 is 17.7 Å². The number of aryl methyl sites for hydroxylation is 1. The molecule has 0 fully saturated rings. The summed E-state index contributed by atoms with van der Waals surface area (Å²) in [5, 5.41) is 3.39. The molecule has 32 heavy (non-hydrogen) atoms. The maximum atomic E-state index is 13.8. The molecule has 1 aromatic rings. The fraction of sp³-hybridized carbons (Fsp3) is 0.500. The highest BCUT2D eigenvalue weighted by Crippen LogP contribution is 2.46. The molecule has 2 aliphatic rings. The van der Waals surface area contributed by atoms with Gasteiger partial charge in [0.2, 0.25) is 0 Å². The van der Waals surface area contributed by atoms with Crippen molar-refractivity contribution in [3.8, 4) is 0 Å². The van der Waals surface area contributed by atoms with Gasteiger partial charge in [-0.05, 0) is 45.1 Å². The molecular weight excluding hydrogens is 406 g/mol. The topological polar surface area (TPSA) is 81.7 Å². The number of hydrogen-bond acceptors (Lipinski definition) is 6. The van der Waals surface area contributed by atoms with Crippen LogP contribution >= 0.6 is 0 Å². The molecule has 6 heteroatoms. The van der Waals surface area contributed by atoms with Crippen LogP contribution in [0.15, 0.2) is 46.8 Å². The van der Waals surface area contributed by atoms with E-state index in [1.165, 1.54) is 0 Å². The second-order valence-corrected chi connectivity index (χ2v) is 8.50. The van der Waals surface area contributed by atoms with E-state index in [4.69, 9.17) is 9.47 Å². The van der Waals surface area contributed by atoms with Gasteiger partial charge in [0.1, 0.15) is 5.92 Å². The second-order valence-electron chi connectivity index (χ2n) is 8.50. The third-order valence-corrected chi connectivity index (χ3v) is 6.12. The average Bonchev–Trinajstić information content (AvgIpc) is 2.74. The van der Waals surface area contributed by atoms with Gasteiger partial charge >= 0.3 is 11.9 Å². The Morgan fingerprint density at radius 1 is 1.06 bits per heavy atom. The van der Waals surface area contributed by atoms with E-state index >= 15 is 0 Å². The highest BCUT2D eigenvalue weighted by molar-refractivity contribution is 6.12. The monoisotopic (exact) mass is 439 g/mol. The molecule has 3 atom stereocenters. The molecule has 1 heterocycles. The number of dihydropyridines is 1. The van der Waals surface area contributed by atoms with Crippen LogP contribution in [0.25, 0.3) is 0 Å². The summed E-state index contributed by atoms with van der Waals surface area (Å²) >= 11 is 0. The molecule has 0 aromatic heterocycles. The quantitative estimate of drug-likeness (QED) is 0.503. The molecule has 1 aromatic carbocycles. The molecule has 0 spiro atoms. The van der Waals surface area contributed by atoms with E-state index < -0.39 is 23.8 Å². The van der Waals surface area contributed by atoms with Crippen molar-refractivity contribution in [1.82, 2.24) is 5.32 Å². The van der Waals surface area contributed by atoms with E-state index in [0.29, 0.717) is 24.0 Å². The van der Waals surface area contributed by atoms with Crippen LogP contribution in [-0.2, 0) is 23.9 Å². The minimum atomic E-state index is -0.875. The maximum Gasteiger partial charge on any atom is 0.336 e. The zero-order chi connectivity index (χ0) is 23.4. The Balaban J connectivity index is 2.20. The lowest BCUT2D eigenvalue weighted by Crippen LogP contribution is -2.43. The van der Waals surface area contributed by atoms with Gasteiger partial charge in [-0.25, -0.2) is 4.79 Å². The summed E-state index contributed by atoms with van der Waals surface area (Å²) in [6.07, 6.45) is 2.04. The largest absolute Gasteiger partial charge is 0.465 e. The minimum Gasteiger partial charge on any atom is -0.465 e. The van der Waals surface area contributed by atoms with E-state index in [0.717, 1.165) is 28.9 Å². The molecule has 0 radical (unpaired) electrons. The minimum absolute atomic E-state index is 0.196. The van der Waals surface area contributed by atoms with Crippen LogP contribution in [0, 0.1) is 18.8 Å². The van der Waals surface area contributed by atoms with Crippen molar-refractivity contribution in [1.29, 1.82) is 0 Å². The molecule has 6 nitrogen and oxygen atoms in total. The standard InChI is InChI=1S/C26H33NO5/c1-6-9-18-23(26(30)32-8-3)21(17-12-10-15(4)11-13-17)22-19(27-18)14-16(5)20(24(22)28)25(29)31-7-2/h10-13,16,20-21,27H,6-9,14H2,1-5H3. The molecule has 0 saturated carbocycles. The van der Waals surface area contributed by atoms with Crippen molar-refractivity contribution in [2.75, 3.05) is 13.2 Å². The molecule has 1 aliphatic heterocycles. The third-order valence-electron chi connectivity index (χ3n) is 6.12. The number of Topliss-reactive ketones (excluding diaryl/α,β-unsaturated/α-hetero) is 1. The Labute approximate surface area is 190 Å². The summed E-state index contributed by atoms with van der Waals surface area (Å²) in [6.45, 7) is 9.90. The van der Waals surface area contributed by atoms with Gasteiger partial charge in [-0.3, -0.25) is 9.59 Å². The maximum absolute atomic E-state index is 13.8. The second kappa shape index (κ2) is 10.2. The Kier molecular flexibility index (Phi) is 7.54. The smallest absolute Gasteiger partial charge is 0.336 e. The van der Waals surface area contributed by atoms with E-state index in [2.05, 4.69) is 5.32 Å². The third kappa shape index (κ3) is 4.50. The zero-order valence-electron chi connectivity index (χ0n) is 19.6. The summed E-state index contributed by atoms with van der Waals surface area (Å²) in [6, 6.07) is 7.84. The number of carbonyl (C=O) groups is 3. The van der Waals surface area contributed by atoms with Crippen molar-refractivity contribution in [3.05, 3.63) is 57.9 Å². The molecule has 172 valence electrons. The summed E-state index contributed by atoms with van der Waals surface area (Å²) < 4.78 is 10.6. The predicted octanol–water partition coefficient (Wildman–Crippen LogP) is 4.34. The molecule has 0 amide bonds. The first-order valence-electron chi connectivity index (χ1n) is 11.5. The Hall–Kier alpha value is -2.89. The molecule has 3 unspecified atom stereocenters. The lowest BCUT2D eigenvalue weighted by Gasteiger charge is -2.39. The first kappa shape index (κ1) is 23.8. The van der Waals surface area contributed by atoms with Gasteiger partial charge < -0.3 is 14.8 Å². The van der Waals surface area contributed by atoms with Gasteiger partial charge in [0.05, 0.1) is 18.8 Å². The number of nitrogens with one attached hydrogen (secondary N) is 1. The van der Waals surface area contributed by atoms with Crippen LogP contribution in [0.4, 0.5) is 0 Å². The lowest BCUT2D eigenvalue weighted by molar-refractivity contribution is -0.153. The summed E-state index contributed by atoms with van der Waals surface area (Å²) in [5.41, 5.74) is 4.46. The van der Waals surface area contributed by atoms with Crippen LogP contribution in [-0.4, -0.2) is 30.9 Å². The van der Waals surface area contributed by atoms with Crippen LogP contribution in [0.5, 0.6) is 0 Å². The number of carbonyl (C=O) groups excluding carboxylic acids is 3. The van der Waals surface area contributed by atoms with Gasteiger partial charge in [-0.15, -0.1) is 0 Å². The number of rotatable bonds is 7. The Morgan fingerprint density at radius 3 is 2.31 bits per heavy atom. The fourth-order valence-corrected chi connectivity index (χ4v) is 4.69. The average molecular weight is 440 g/mol. The first-order chi connectivity index (χ1) is 15.3. The van der Waals surface area contributed by atoms with Gasteiger partial charge in [-0.1, -0.05) is 50.1 Å². The molecule has 0 saturated heterocycles. The number of ketones is 1. The number of benzene rings is 1. The highest BCUT2D eigenvalue weighted by Gasteiger charge is 2.47. The molecule has 1 aliphatic carbocycles. The molecule has 0 bridgehead atoms. The molecule has 1 N–H and O–H groups in total. The van der Waals surface area contributed by atoms with E-state index in [9.17, 15) is 14.4 Å². The van der Waals surface area contributed by atoms with Gasteiger partial charge in [0.15, 0.2) is 5.78 Å². The van der Waals surface area contributed by atoms with Gasteiger partial charge in [-0.2, -0.15) is 0 Å². The number of hydrogen-bond donors (Lipinski definition) is 1. The normalized spacial score (nSPS) is 22.9. The first-order valence-corrected chi connectivity index (χ1v) is 11.5. The van der Waals surface area contributed by atoms with Crippen molar-refractivity contribution in [2.24, 2.45) is 11.8 Å². The van der Waals surface area contributed by atoms with Crippen LogP contribution < -0.4 is 5.32 Å². The summed E-state index contributed by atoms with van der Waals surface area (Å²) in [7, 11) is 0.